The fourth-order valence-corrected chi connectivity index (χ4v) is 3.92. The molecule has 6 heteroatoms. The molecule has 3 heterocycles. The maximum absolute atomic E-state index is 12.9. The number of nitrogens with zero attached hydrogens (tertiary/aromatic N) is 3. The summed E-state index contributed by atoms with van der Waals surface area (Å²) in [5, 5.41) is 2.98. The Bertz CT molecular complexity index is 1120. The third kappa shape index (κ3) is 3.50. The molecular formula is C24H24N4O2. The lowest BCUT2D eigenvalue weighted by molar-refractivity contribution is 0.102. The van der Waals surface area contributed by atoms with Gasteiger partial charge in [0, 0.05) is 32.4 Å². The predicted octanol–water partition coefficient (Wildman–Crippen LogP) is 4.17. The molecule has 1 fully saturated rings. The van der Waals surface area contributed by atoms with E-state index < -0.39 is 0 Å². The number of ether oxygens (including phenoxy) is 1. The molecule has 2 aliphatic heterocycles. The highest BCUT2D eigenvalue weighted by molar-refractivity contribution is 6.08. The van der Waals surface area contributed by atoms with E-state index in [2.05, 4.69) is 33.2 Å². The van der Waals surface area contributed by atoms with Crippen LogP contribution >= 0.6 is 0 Å². The first kappa shape index (κ1) is 18.6. The van der Waals surface area contributed by atoms with Crippen molar-refractivity contribution in [3.05, 3.63) is 65.9 Å². The molecule has 0 unspecified atom stereocenters. The Hall–Kier alpha value is -3.38. The van der Waals surface area contributed by atoms with Crippen LogP contribution in [0, 0.1) is 6.92 Å². The van der Waals surface area contributed by atoms with Gasteiger partial charge in [-0.1, -0.05) is 12.1 Å². The zero-order valence-electron chi connectivity index (χ0n) is 17.2. The van der Waals surface area contributed by atoms with Crippen molar-refractivity contribution in [3.63, 3.8) is 0 Å². The number of aryl methyl sites for hydroxylation is 1. The van der Waals surface area contributed by atoms with Crippen molar-refractivity contribution in [1.82, 2.24) is 9.88 Å². The van der Waals surface area contributed by atoms with Crippen LogP contribution in [0.25, 0.3) is 11.1 Å². The monoisotopic (exact) mass is 400 g/mol. The van der Waals surface area contributed by atoms with E-state index in [1.165, 1.54) is 0 Å². The van der Waals surface area contributed by atoms with Gasteiger partial charge in [0.15, 0.2) is 5.75 Å². The van der Waals surface area contributed by atoms with E-state index in [-0.39, 0.29) is 5.91 Å². The number of amides is 1. The molecule has 2 aromatic carbocycles. The Morgan fingerprint density at radius 3 is 2.53 bits per heavy atom. The molecular weight excluding hydrogens is 376 g/mol. The summed E-state index contributed by atoms with van der Waals surface area (Å²) < 4.78 is 6.04. The number of fused-ring (bicyclic) bond motifs is 2. The highest BCUT2D eigenvalue weighted by Gasteiger charge is 2.22. The maximum Gasteiger partial charge on any atom is 0.259 e. The van der Waals surface area contributed by atoms with Crippen molar-refractivity contribution in [1.29, 1.82) is 0 Å². The van der Waals surface area contributed by atoms with Crippen LogP contribution in [0.1, 0.15) is 15.9 Å². The van der Waals surface area contributed by atoms with Crippen LogP contribution in [0.15, 0.2) is 54.7 Å². The molecule has 0 aliphatic carbocycles. The second-order valence-electron chi connectivity index (χ2n) is 7.96. The van der Waals surface area contributed by atoms with Gasteiger partial charge in [0.2, 0.25) is 0 Å². The van der Waals surface area contributed by atoms with E-state index in [0.717, 1.165) is 48.7 Å². The van der Waals surface area contributed by atoms with Gasteiger partial charge in [0.1, 0.15) is 11.6 Å². The Morgan fingerprint density at radius 1 is 0.933 bits per heavy atom. The van der Waals surface area contributed by atoms with Crippen LogP contribution in [0.3, 0.4) is 0 Å². The first-order valence-corrected chi connectivity index (χ1v) is 10.2. The molecule has 1 aromatic heterocycles. The van der Waals surface area contributed by atoms with Gasteiger partial charge in [-0.05, 0) is 67.1 Å². The standard InChI is InChI=1S/C24H24N4O2/c1-16-3-5-22-20(13-16)26-24(29)19-14-17(4-6-21(19)30-22)18-7-8-25-23(15-18)28-11-9-27(2)10-12-28/h3-8,13-15H,9-12H2,1-2H3,(H,26,29). The van der Waals surface area contributed by atoms with Crippen LogP contribution in [-0.2, 0) is 0 Å². The second kappa shape index (κ2) is 7.46. The molecule has 0 bridgehead atoms. The first-order chi connectivity index (χ1) is 14.6. The fraction of sp³-hybridized carbons (Fsp3) is 0.250. The summed E-state index contributed by atoms with van der Waals surface area (Å²) in [7, 11) is 2.14. The zero-order chi connectivity index (χ0) is 20.7. The zero-order valence-corrected chi connectivity index (χ0v) is 17.2. The van der Waals surface area contributed by atoms with Gasteiger partial charge in [-0.25, -0.2) is 4.98 Å². The summed E-state index contributed by atoms with van der Waals surface area (Å²) in [6.45, 7) is 5.98. The number of aromatic nitrogens is 1. The molecule has 1 amide bonds. The van der Waals surface area contributed by atoms with Crippen molar-refractivity contribution >= 4 is 17.4 Å². The number of rotatable bonds is 2. The number of pyridine rings is 1. The second-order valence-corrected chi connectivity index (χ2v) is 7.96. The minimum atomic E-state index is -0.162. The van der Waals surface area contributed by atoms with Gasteiger partial charge in [-0.2, -0.15) is 0 Å². The van der Waals surface area contributed by atoms with Crippen LogP contribution in [0.4, 0.5) is 11.5 Å². The number of carbonyl (C=O) groups excluding carboxylic acids is 1. The number of hydrogen-bond donors (Lipinski definition) is 1. The minimum Gasteiger partial charge on any atom is -0.454 e. The molecule has 5 rings (SSSR count). The molecule has 1 saturated heterocycles. The van der Waals surface area contributed by atoms with Gasteiger partial charge in [0.05, 0.1) is 11.3 Å². The van der Waals surface area contributed by atoms with Gasteiger partial charge in [-0.3, -0.25) is 4.79 Å². The Balaban J connectivity index is 1.47. The van der Waals surface area contributed by atoms with Crippen molar-refractivity contribution < 1.29 is 9.53 Å². The molecule has 1 N–H and O–H groups in total. The quantitative estimate of drug-likeness (QED) is 0.700. The maximum atomic E-state index is 12.9. The molecule has 0 atom stereocenters. The summed E-state index contributed by atoms with van der Waals surface area (Å²) in [4.78, 5) is 22.1. The molecule has 0 saturated carbocycles. The Labute approximate surface area is 176 Å². The molecule has 3 aromatic rings. The largest absolute Gasteiger partial charge is 0.454 e. The summed E-state index contributed by atoms with van der Waals surface area (Å²) in [5.74, 6) is 2.03. The average Bonchev–Trinajstić information content (AvgIpc) is 2.89. The van der Waals surface area contributed by atoms with Crippen LogP contribution in [0.5, 0.6) is 11.5 Å². The lowest BCUT2D eigenvalue weighted by atomic mass is 10.0. The Kier molecular flexibility index (Phi) is 4.64. The van der Waals surface area contributed by atoms with Gasteiger partial charge < -0.3 is 19.9 Å². The number of carbonyl (C=O) groups is 1. The first-order valence-electron chi connectivity index (χ1n) is 10.2. The smallest absolute Gasteiger partial charge is 0.259 e. The van der Waals surface area contributed by atoms with Crippen molar-refractivity contribution in [2.75, 3.05) is 43.4 Å². The van der Waals surface area contributed by atoms with E-state index in [9.17, 15) is 4.79 Å². The van der Waals surface area contributed by atoms with E-state index in [0.29, 0.717) is 22.7 Å². The van der Waals surface area contributed by atoms with Gasteiger partial charge in [-0.15, -0.1) is 0 Å². The number of hydrogen-bond acceptors (Lipinski definition) is 5. The van der Waals surface area contributed by atoms with E-state index >= 15 is 0 Å². The predicted molar refractivity (Wildman–Crippen MR) is 119 cm³/mol. The van der Waals surface area contributed by atoms with Crippen molar-refractivity contribution in [3.8, 4) is 22.6 Å². The van der Waals surface area contributed by atoms with Crippen molar-refractivity contribution in [2.45, 2.75) is 6.92 Å². The Morgan fingerprint density at radius 2 is 1.70 bits per heavy atom. The average molecular weight is 400 g/mol. The fourth-order valence-electron chi connectivity index (χ4n) is 3.92. The van der Waals surface area contributed by atoms with Crippen LogP contribution in [0.2, 0.25) is 0 Å². The SMILES string of the molecule is Cc1ccc2c(c1)NC(=O)c1cc(-c3ccnc(N4CCN(C)CC4)c3)ccc1O2. The number of benzene rings is 2. The number of anilines is 2. The summed E-state index contributed by atoms with van der Waals surface area (Å²) in [5.41, 5.74) is 4.29. The molecule has 2 aliphatic rings. The lowest BCUT2D eigenvalue weighted by Crippen LogP contribution is -2.44. The van der Waals surface area contributed by atoms with Gasteiger partial charge >= 0.3 is 0 Å². The molecule has 152 valence electrons. The van der Waals surface area contributed by atoms with E-state index in [4.69, 9.17) is 4.74 Å². The summed E-state index contributed by atoms with van der Waals surface area (Å²) in [6.07, 6.45) is 1.84. The topological polar surface area (TPSA) is 57.7 Å². The van der Waals surface area contributed by atoms with Gasteiger partial charge in [0.25, 0.3) is 5.91 Å². The normalized spacial score (nSPS) is 16.2. The summed E-state index contributed by atoms with van der Waals surface area (Å²) in [6, 6.07) is 15.6. The molecule has 6 nitrogen and oxygen atoms in total. The van der Waals surface area contributed by atoms with E-state index in [1.54, 1.807) is 0 Å². The molecule has 0 radical (unpaired) electrons. The minimum absolute atomic E-state index is 0.162. The molecule has 0 spiro atoms. The molecule has 30 heavy (non-hydrogen) atoms. The number of piperazine rings is 1. The highest BCUT2D eigenvalue weighted by atomic mass is 16.5. The number of nitrogens with one attached hydrogen (secondary N) is 1. The van der Waals surface area contributed by atoms with Crippen LogP contribution < -0.4 is 15.0 Å². The lowest BCUT2D eigenvalue weighted by Gasteiger charge is -2.33. The van der Waals surface area contributed by atoms with Crippen LogP contribution in [-0.4, -0.2) is 49.0 Å². The highest BCUT2D eigenvalue weighted by Crippen LogP contribution is 2.38. The van der Waals surface area contributed by atoms with Crippen molar-refractivity contribution in [2.24, 2.45) is 0 Å². The number of likely N-dealkylation sites (N-methyl/N-ethyl adjacent to an activating group) is 1. The van der Waals surface area contributed by atoms with E-state index in [1.807, 2.05) is 55.6 Å². The third-order valence-corrected chi connectivity index (χ3v) is 5.73. The summed E-state index contributed by atoms with van der Waals surface area (Å²) >= 11 is 0. The third-order valence-electron chi connectivity index (χ3n) is 5.73.